The van der Waals surface area contributed by atoms with Gasteiger partial charge in [-0.05, 0) is 24.8 Å². The predicted molar refractivity (Wildman–Crippen MR) is 86.8 cm³/mol. The first-order valence-corrected chi connectivity index (χ1v) is 7.92. The number of carbonyl (C=O) groups is 1. The summed E-state index contributed by atoms with van der Waals surface area (Å²) in [6.45, 7) is 1.44. The van der Waals surface area contributed by atoms with Crippen molar-refractivity contribution < 1.29 is 9.90 Å². The van der Waals surface area contributed by atoms with Crippen molar-refractivity contribution in [2.75, 3.05) is 6.54 Å². The third kappa shape index (κ3) is 4.32. The molecule has 0 unspecified atom stereocenters. The Morgan fingerprint density at radius 3 is 2.70 bits per heavy atom. The van der Waals surface area contributed by atoms with Crippen molar-refractivity contribution in [2.24, 2.45) is 0 Å². The van der Waals surface area contributed by atoms with Gasteiger partial charge in [-0.1, -0.05) is 30.3 Å². The van der Waals surface area contributed by atoms with Gasteiger partial charge >= 0.3 is 6.03 Å². The molecule has 0 radical (unpaired) electrons. The molecular formula is C17H22N4O2. The molecule has 6 heteroatoms. The smallest absolute Gasteiger partial charge is 0.315 e. The van der Waals surface area contributed by atoms with Gasteiger partial charge in [0.25, 0.3) is 0 Å². The monoisotopic (exact) mass is 314 g/mol. The standard InChI is InChI=1S/C17H22N4O2/c22-16(19-13-17(23)7-4-8-17)18-9-15-10-20-21(12-15)11-14-5-2-1-3-6-14/h1-3,5-6,10,12,23H,4,7-9,11,13H2,(H2,18,19,22). The lowest BCUT2D eigenvalue weighted by Gasteiger charge is -2.36. The number of aliphatic hydroxyl groups is 1. The van der Waals surface area contributed by atoms with Crippen LogP contribution in [-0.4, -0.2) is 33.1 Å². The van der Waals surface area contributed by atoms with Gasteiger partial charge in [0, 0.05) is 24.8 Å². The second kappa shape index (κ2) is 6.83. The lowest BCUT2D eigenvalue weighted by atomic mass is 9.80. The van der Waals surface area contributed by atoms with Gasteiger partial charge in [0.15, 0.2) is 0 Å². The van der Waals surface area contributed by atoms with E-state index in [1.54, 1.807) is 6.20 Å². The fourth-order valence-corrected chi connectivity index (χ4v) is 2.61. The molecule has 0 aliphatic heterocycles. The number of nitrogens with zero attached hydrogens (tertiary/aromatic N) is 2. The van der Waals surface area contributed by atoms with Crippen LogP contribution < -0.4 is 10.6 Å². The maximum atomic E-state index is 11.7. The molecule has 1 heterocycles. The van der Waals surface area contributed by atoms with E-state index in [2.05, 4.69) is 27.9 Å². The number of rotatable bonds is 6. The van der Waals surface area contributed by atoms with E-state index in [0.29, 0.717) is 19.6 Å². The Morgan fingerprint density at radius 1 is 1.22 bits per heavy atom. The average molecular weight is 314 g/mol. The summed E-state index contributed by atoms with van der Waals surface area (Å²) in [5.74, 6) is 0. The molecule has 122 valence electrons. The van der Waals surface area contributed by atoms with E-state index < -0.39 is 5.60 Å². The molecule has 1 aromatic carbocycles. The van der Waals surface area contributed by atoms with Gasteiger partial charge in [-0.2, -0.15) is 5.10 Å². The van der Waals surface area contributed by atoms with Gasteiger partial charge in [-0.15, -0.1) is 0 Å². The molecule has 3 rings (SSSR count). The van der Waals surface area contributed by atoms with Crippen LogP contribution in [0.4, 0.5) is 4.79 Å². The number of benzene rings is 1. The Bertz CT molecular complexity index is 650. The van der Waals surface area contributed by atoms with Gasteiger partial charge in [0.05, 0.1) is 18.3 Å². The minimum Gasteiger partial charge on any atom is -0.388 e. The minimum atomic E-state index is -0.697. The summed E-state index contributed by atoms with van der Waals surface area (Å²) in [6, 6.07) is 9.83. The molecule has 2 amide bonds. The normalized spacial score (nSPS) is 15.7. The van der Waals surface area contributed by atoms with Crippen molar-refractivity contribution in [3.63, 3.8) is 0 Å². The Labute approximate surface area is 135 Å². The van der Waals surface area contributed by atoms with E-state index in [9.17, 15) is 9.90 Å². The zero-order valence-electron chi connectivity index (χ0n) is 13.0. The van der Waals surface area contributed by atoms with Crippen LogP contribution in [0.25, 0.3) is 0 Å². The maximum Gasteiger partial charge on any atom is 0.315 e. The van der Waals surface area contributed by atoms with Crippen LogP contribution in [0, 0.1) is 0 Å². The Hall–Kier alpha value is -2.34. The highest BCUT2D eigenvalue weighted by atomic mass is 16.3. The fourth-order valence-electron chi connectivity index (χ4n) is 2.61. The minimum absolute atomic E-state index is 0.263. The number of nitrogens with one attached hydrogen (secondary N) is 2. The van der Waals surface area contributed by atoms with Crippen molar-refractivity contribution in [3.8, 4) is 0 Å². The van der Waals surface area contributed by atoms with Crippen LogP contribution in [0.3, 0.4) is 0 Å². The first-order valence-electron chi connectivity index (χ1n) is 7.92. The second-order valence-electron chi connectivity index (χ2n) is 6.15. The van der Waals surface area contributed by atoms with E-state index in [0.717, 1.165) is 24.8 Å². The summed E-state index contributed by atoms with van der Waals surface area (Å²) in [5.41, 5.74) is 1.43. The third-order valence-corrected chi connectivity index (χ3v) is 4.19. The Balaban J connectivity index is 1.43. The zero-order chi connectivity index (χ0) is 16.1. The van der Waals surface area contributed by atoms with Gasteiger partial charge in [0.1, 0.15) is 0 Å². The van der Waals surface area contributed by atoms with E-state index >= 15 is 0 Å². The highest BCUT2D eigenvalue weighted by molar-refractivity contribution is 5.73. The van der Waals surface area contributed by atoms with Crippen LogP contribution in [0.15, 0.2) is 42.7 Å². The molecule has 3 N–H and O–H groups in total. The molecule has 1 aliphatic rings. The lowest BCUT2D eigenvalue weighted by molar-refractivity contribution is -0.0290. The summed E-state index contributed by atoms with van der Waals surface area (Å²) in [6.07, 6.45) is 6.23. The predicted octanol–water partition coefficient (Wildman–Crippen LogP) is 1.65. The largest absolute Gasteiger partial charge is 0.388 e. The molecule has 0 saturated heterocycles. The number of hydrogen-bond acceptors (Lipinski definition) is 3. The Morgan fingerprint density at radius 2 is 2.00 bits per heavy atom. The molecule has 0 bridgehead atoms. The third-order valence-electron chi connectivity index (χ3n) is 4.19. The number of urea groups is 1. The molecule has 1 fully saturated rings. The van der Waals surface area contributed by atoms with Crippen LogP contribution in [0.2, 0.25) is 0 Å². The quantitative estimate of drug-likeness (QED) is 0.758. The summed E-state index contributed by atoms with van der Waals surface area (Å²) in [7, 11) is 0. The summed E-state index contributed by atoms with van der Waals surface area (Å²) in [5, 5.41) is 19.7. The van der Waals surface area contributed by atoms with E-state index in [-0.39, 0.29) is 6.03 Å². The second-order valence-corrected chi connectivity index (χ2v) is 6.15. The molecule has 2 aromatic rings. The molecule has 23 heavy (non-hydrogen) atoms. The fraction of sp³-hybridized carbons (Fsp3) is 0.412. The van der Waals surface area contributed by atoms with Crippen molar-refractivity contribution >= 4 is 6.03 Å². The van der Waals surface area contributed by atoms with E-state index in [4.69, 9.17) is 0 Å². The summed E-state index contributed by atoms with van der Waals surface area (Å²) in [4.78, 5) is 11.7. The molecule has 1 saturated carbocycles. The van der Waals surface area contributed by atoms with E-state index in [1.165, 1.54) is 5.56 Å². The average Bonchev–Trinajstić information content (AvgIpc) is 2.97. The van der Waals surface area contributed by atoms with Crippen molar-refractivity contribution in [2.45, 2.75) is 38.0 Å². The maximum absolute atomic E-state index is 11.7. The van der Waals surface area contributed by atoms with Crippen LogP contribution in [0.5, 0.6) is 0 Å². The van der Waals surface area contributed by atoms with Crippen LogP contribution >= 0.6 is 0 Å². The van der Waals surface area contributed by atoms with Crippen molar-refractivity contribution in [1.82, 2.24) is 20.4 Å². The number of hydrogen-bond donors (Lipinski definition) is 3. The molecule has 1 aromatic heterocycles. The topological polar surface area (TPSA) is 79.2 Å². The molecule has 0 spiro atoms. The van der Waals surface area contributed by atoms with Crippen LogP contribution in [-0.2, 0) is 13.1 Å². The lowest BCUT2D eigenvalue weighted by Crippen LogP contribution is -2.49. The molecule has 0 atom stereocenters. The number of amides is 2. The molecule has 1 aliphatic carbocycles. The first kappa shape index (κ1) is 15.6. The highest BCUT2D eigenvalue weighted by Gasteiger charge is 2.34. The van der Waals surface area contributed by atoms with Crippen molar-refractivity contribution in [1.29, 1.82) is 0 Å². The molecule has 6 nitrogen and oxygen atoms in total. The SMILES string of the molecule is O=C(NCc1cnn(Cc2ccccc2)c1)NCC1(O)CCC1. The zero-order valence-corrected chi connectivity index (χ0v) is 13.0. The Kier molecular flexibility index (Phi) is 4.62. The highest BCUT2D eigenvalue weighted by Crippen LogP contribution is 2.30. The van der Waals surface area contributed by atoms with Gasteiger partial charge < -0.3 is 15.7 Å². The summed E-state index contributed by atoms with van der Waals surface area (Å²) >= 11 is 0. The van der Waals surface area contributed by atoms with Crippen molar-refractivity contribution in [3.05, 3.63) is 53.9 Å². The first-order chi connectivity index (χ1) is 11.1. The van der Waals surface area contributed by atoms with Gasteiger partial charge in [-0.3, -0.25) is 4.68 Å². The van der Waals surface area contributed by atoms with Crippen LogP contribution in [0.1, 0.15) is 30.4 Å². The number of aromatic nitrogens is 2. The van der Waals surface area contributed by atoms with E-state index in [1.807, 2.05) is 29.1 Å². The summed E-state index contributed by atoms with van der Waals surface area (Å²) < 4.78 is 1.85. The van der Waals surface area contributed by atoms with Gasteiger partial charge in [-0.25, -0.2) is 4.79 Å². The number of carbonyl (C=O) groups excluding carboxylic acids is 1. The van der Waals surface area contributed by atoms with Gasteiger partial charge in [0.2, 0.25) is 0 Å². The molecular weight excluding hydrogens is 292 g/mol.